The maximum Gasteiger partial charge on any atom is 0.0357 e. The van der Waals surface area contributed by atoms with E-state index in [-0.39, 0.29) is 0 Å². The van der Waals surface area contributed by atoms with Crippen LogP contribution in [0.15, 0.2) is 0 Å². The second-order valence-electron chi connectivity index (χ2n) is 7.02. The average molecular weight is 280 g/mol. The highest BCUT2D eigenvalue weighted by Gasteiger charge is 2.41. The summed E-state index contributed by atoms with van der Waals surface area (Å²) in [6, 6.07) is 0.928. The van der Waals surface area contributed by atoms with Crippen molar-refractivity contribution in [2.24, 2.45) is 5.73 Å². The SMILES string of the molecule is CCCN1CCC(CN)(N2CCN(C3CC3)CC2)CC1. The summed E-state index contributed by atoms with van der Waals surface area (Å²) in [7, 11) is 0. The first kappa shape index (κ1) is 14.8. The zero-order chi connectivity index (χ0) is 14.0. The first-order chi connectivity index (χ1) is 9.77. The zero-order valence-corrected chi connectivity index (χ0v) is 13.2. The Bertz CT molecular complexity index is 300. The molecule has 3 fully saturated rings. The van der Waals surface area contributed by atoms with Crippen molar-refractivity contribution in [1.29, 1.82) is 0 Å². The fourth-order valence-electron chi connectivity index (χ4n) is 4.16. The van der Waals surface area contributed by atoms with Crippen molar-refractivity contribution in [3.63, 3.8) is 0 Å². The molecule has 1 aliphatic carbocycles. The minimum absolute atomic E-state index is 0.305. The molecular formula is C16H32N4. The Hall–Kier alpha value is -0.160. The summed E-state index contributed by atoms with van der Waals surface area (Å²) < 4.78 is 0. The highest BCUT2D eigenvalue weighted by atomic mass is 15.3. The molecule has 4 heteroatoms. The Morgan fingerprint density at radius 3 is 2.15 bits per heavy atom. The second-order valence-corrected chi connectivity index (χ2v) is 7.02. The molecule has 0 unspecified atom stereocenters. The molecule has 0 spiro atoms. The minimum atomic E-state index is 0.305. The maximum absolute atomic E-state index is 6.22. The Morgan fingerprint density at radius 1 is 1.00 bits per heavy atom. The van der Waals surface area contributed by atoms with Gasteiger partial charge < -0.3 is 10.6 Å². The molecule has 0 aromatic carbocycles. The summed E-state index contributed by atoms with van der Waals surface area (Å²) in [5.74, 6) is 0. The van der Waals surface area contributed by atoms with Gasteiger partial charge in [0.15, 0.2) is 0 Å². The summed E-state index contributed by atoms with van der Waals surface area (Å²) in [6.07, 6.45) is 6.69. The molecule has 4 nitrogen and oxygen atoms in total. The van der Waals surface area contributed by atoms with Crippen molar-refractivity contribution in [3.8, 4) is 0 Å². The van der Waals surface area contributed by atoms with Crippen LogP contribution in [0.2, 0.25) is 0 Å². The second kappa shape index (κ2) is 6.30. The van der Waals surface area contributed by atoms with E-state index in [1.165, 1.54) is 77.9 Å². The van der Waals surface area contributed by atoms with Crippen LogP contribution in [0.4, 0.5) is 0 Å². The highest BCUT2D eigenvalue weighted by molar-refractivity contribution is 4.99. The van der Waals surface area contributed by atoms with Crippen molar-refractivity contribution < 1.29 is 0 Å². The van der Waals surface area contributed by atoms with Gasteiger partial charge in [0.1, 0.15) is 0 Å². The number of piperazine rings is 1. The van der Waals surface area contributed by atoms with Crippen LogP contribution in [0, 0.1) is 0 Å². The number of nitrogens with two attached hydrogens (primary N) is 1. The van der Waals surface area contributed by atoms with E-state index in [2.05, 4.69) is 21.6 Å². The van der Waals surface area contributed by atoms with E-state index in [9.17, 15) is 0 Å². The lowest BCUT2D eigenvalue weighted by atomic mass is 9.85. The lowest BCUT2D eigenvalue weighted by molar-refractivity contribution is -0.00721. The van der Waals surface area contributed by atoms with E-state index in [4.69, 9.17) is 5.73 Å². The van der Waals surface area contributed by atoms with Crippen LogP contribution >= 0.6 is 0 Å². The summed E-state index contributed by atoms with van der Waals surface area (Å²) >= 11 is 0. The summed E-state index contributed by atoms with van der Waals surface area (Å²) in [5.41, 5.74) is 6.53. The van der Waals surface area contributed by atoms with Crippen LogP contribution in [-0.4, -0.2) is 78.6 Å². The predicted octanol–water partition coefficient (Wildman–Crippen LogP) is 0.970. The van der Waals surface area contributed by atoms with E-state index in [0.717, 1.165) is 12.6 Å². The molecule has 2 saturated heterocycles. The van der Waals surface area contributed by atoms with Gasteiger partial charge in [-0.15, -0.1) is 0 Å². The van der Waals surface area contributed by atoms with Crippen molar-refractivity contribution in [2.75, 3.05) is 52.4 Å². The van der Waals surface area contributed by atoms with Crippen LogP contribution in [0.25, 0.3) is 0 Å². The lowest BCUT2D eigenvalue weighted by Gasteiger charge is -2.51. The minimum Gasteiger partial charge on any atom is -0.329 e. The van der Waals surface area contributed by atoms with E-state index in [1.54, 1.807) is 0 Å². The van der Waals surface area contributed by atoms with Crippen LogP contribution in [0.1, 0.15) is 39.0 Å². The molecular weight excluding hydrogens is 248 g/mol. The third-order valence-corrected chi connectivity index (χ3v) is 5.75. The fraction of sp³-hybridized carbons (Fsp3) is 1.00. The lowest BCUT2D eigenvalue weighted by Crippen LogP contribution is -2.63. The molecule has 0 amide bonds. The van der Waals surface area contributed by atoms with Gasteiger partial charge in [-0.25, -0.2) is 0 Å². The standard InChI is InChI=1S/C16H32N4/c1-2-7-18-8-5-16(14-17,6-9-18)20-12-10-19(11-13-20)15-3-4-15/h15H,2-14,17H2,1H3. The molecule has 3 aliphatic rings. The van der Waals surface area contributed by atoms with Gasteiger partial charge in [0.2, 0.25) is 0 Å². The molecule has 2 N–H and O–H groups in total. The molecule has 2 heterocycles. The number of hydrogen-bond acceptors (Lipinski definition) is 4. The number of piperidine rings is 1. The first-order valence-corrected chi connectivity index (χ1v) is 8.69. The molecule has 0 radical (unpaired) electrons. The van der Waals surface area contributed by atoms with Crippen molar-refractivity contribution in [3.05, 3.63) is 0 Å². The normalized spacial score (nSPS) is 29.7. The van der Waals surface area contributed by atoms with Gasteiger partial charge in [-0.1, -0.05) is 6.92 Å². The number of rotatable bonds is 5. The molecule has 3 rings (SSSR count). The molecule has 1 saturated carbocycles. The third kappa shape index (κ3) is 3.03. The van der Waals surface area contributed by atoms with Crippen molar-refractivity contribution in [2.45, 2.75) is 50.6 Å². The van der Waals surface area contributed by atoms with Crippen molar-refractivity contribution >= 4 is 0 Å². The summed E-state index contributed by atoms with van der Waals surface area (Å²) in [5, 5.41) is 0. The number of likely N-dealkylation sites (tertiary alicyclic amines) is 1. The topological polar surface area (TPSA) is 35.7 Å². The van der Waals surface area contributed by atoms with Gasteiger partial charge in [-0.05, 0) is 51.7 Å². The van der Waals surface area contributed by atoms with Crippen molar-refractivity contribution in [1.82, 2.24) is 14.7 Å². The van der Waals surface area contributed by atoms with Gasteiger partial charge >= 0.3 is 0 Å². The molecule has 2 aliphatic heterocycles. The predicted molar refractivity (Wildman–Crippen MR) is 83.9 cm³/mol. The Balaban J connectivity index is 1.54. The molecule has 0 bridgehead atoms. The average Bonchev–Trinajstić information content (AvgIpc) is 3.34. The van der Waals surface area contributed by atoms with E-state index in [0.29, 0.717) is 5.54 Å². The van der Waals surface area contributed by atoms with Gasteiger partial charge in [0.05, 0.1) is 0 Å². The molecule has 20 heavy (non-hydrogen) atoms. The van der Waals surface area contributed by atoms with Gasteiger partial charge in [-0.3, -0.25) is 9.80 Å². The highest BCUT2D eigenvalue weighted by Crippen LogP contribution is 2.32. The van der Waals surface area contributed by atoms with Crippen LogP contribution < -0.4 is 5.73 Å². The van der Waals surface area contributed by atoms with Crippen LogP contribution in [0.5, 0.6) is 0 Å². The molecule has 0 aromatic rings. The fourth-order valence-corrected chi connectivity index (χ4v) is 4.16. The van der Waals surface area contributed by atoms with Crippen LogP contribution in [0.3, 0.4) is 0 Å². The Kier molecular flexibility index (Phi) is 4.65. The number of hydrogen-bond donors (Lipinski definition) is 1. The maximum atomic E-state index is 6.22. The smallest absolute Gasteiger partial charge is 0.0357 e. The molecule has 116 valence electrons. The first-order valence-electron chi connectivity index (χ1n) is 8.69. The zero-order valence-electron chi connectivity index (χ0n) is 13.2. The Morgan fingerprint density at radius 2 is 1.65 bits per heavy atom. The van der Waals surface area contributed by atoms with Gasteiger partial charge in [0.25, 0.3) is 0 Å². The largest absolute Gasteiger partial charge is 0.329 e. The van der Waals surface area contributed by atoms with E-state index < -0.39 is 0 Å². The third-order valence-electron chi connectivity index (χ3n) is 5.75. The molecule has 0 aromatic heterocycles. The Labute approximate surface area is 124 Å². The monoisotopic (exact) mass is 280 g/mol. The van der Waals surface area contributed by atoms with E-state index >= 15 is 0 Å². The summed E-state index contributed by atoms with van der Waals surface area (Å²) in [4.78, 5) is 8.05. The van der Waals surface area contributed by atoms with Gasteiger partial charge in [0, 0.05) is 44.3 Å². The molecule has 0 atom stereocenters. The van der Waals surface area contributed by atoms with E-state index in [1.807, 2.05) is 0 Å². The number of nitrogens with zero attached hydrogens (tertiary/aromatic N) is 3. The van der Waals surface area contributed by atoms with Gasteiger partial charge in [-0.2, -0.15) is 0 Å². The van der Waals surface area contributed by atoms with Crippen LogP contribution in [-0.2, 0) is 0 Å². The summed E-state index contributed by atoms with van der Waals surface area (Å²) in [6.45, 7) is 11.9. The quantitative estimate of drug-likeness (QED) is 0.814.